The normalized spacial score (nSPS) is 13.9. The molecule has 0 aliphatic carbocycles. The van der Waals surface area contributed by atoms with Gasteiger partial charge in [-0.05, 0) is 73.1 Å². The average molecular weight is 411 g/mol. The number of carbonyl (C=O) groups is 2. The van der Waals surface area contributed by atoms with Crippen LogP contribution in [0.1, 0.15) is 36.1 Å². The quantitative estimate of drug-likeness (QED) is 0.576. The Morgan fingerprint density at radius 2 is 1.80 bits per heavy atom. The Labute approximate surface area is 178 Å². The molecule has 0 bridgehead atoms. The van der Waals surface area contributed by atoms with Crippen LogP contribution in [0.4, 0.5) is 10.5 Å². The van der Waals surface area contributed by atoms with Gasteiger partial charge < -0.3 is 20.1 Å². The first-order chi connectivity index (χ1) is 14.3. The van der Waals surface area contributed by atoms with Crippen LogP contribution < -0.4 is 15.4 Å². The van der Waals surface area contributed by atoms with Crippen molar-refractivity contribution in [2.24, 2.45) is 11.7 Å². The molecular formula is C24H30N2O4. The van der Waals surface area contributed by atoms with Gasteiger partial charge in [-0.15, -0.1) is 0 Å². The predicted octanol–water partition coefficient (Wildman–Crippen LogP) is 3.93. The molecule has 3 rings (SSSR count). The Morgan fingerprint density at radius 1 is 1.13 bits per heavy atom. The number of hydrogen-bond acceptors (Lipinski definition) is 5. The highest BCUT2D eigenvalue weighted by Crippen LogP contribution is 2.29. The highest BCUT2D eigenvalue weighted by atomic mass is 16.7. The van der Waals surface area contributed by atoms with Gasteiger partial charge in [0.1, 0.15) is 5.75 Å². The van der Waals surface area contributed by atoms with Crippen molar-refractivity contribution in [3.05, 3.63) is 58.7 Å². The number of aryl methyl sites for hydroxylation is 2. The molecule has 1 amide bonds. The van der Waals surface area contributed by atoms with Crippen molar-refractivity contribution in [3.63, 3.8) is 0 Å². The third-order valence-electron chi connectivity index (χ3n) is 5.30. The Balaban J connectivity index is 1.68. The van der Waals surface area contributed by atoms with Crippen molar-refractivity contribution in [2.45, 2.75) is 46.6 Å². The molecule has 0 radical (unpaired) electrons. The van der Waals surface area contributed by atoms with Gasteiger partial charge in [-0.3, -0.25) is 4.79 Å². The SMILES string of the molecule is Cc1cc(OC(=O)OCC(C)C)cc(C)c1C[C@H](N)C(=O)N1CCc2ccccc21. The summed E-state index contributed by atoms with van der Waals surface area (Å²) in [5, 5.41) is 0. The van der Waals surface area contributed by atoms with Crippen molar-refractivity contribution >= 4 is 17.7 Å². The fourth-order valence-corrected chi connectivity index (χ4v) is 3.77. The number of ether oxygens (including phenoxy) is 2. The topological polar surface area (TPSA) is 81.9 Å². The number of carbonyl (C=O) groups excluding carboxylic acids is 2. The molecule has 2 N–H and O–H groups in total. The van der Waals surface area contributed by atoms with Gasteiger partial charge in [-0.2, -0.15) is 0 Å². The molecule has 6 heteroatoms. The number of nitrogens with two attached hydrogens (primary N) is 1. The largest absolute Gasteiger partial charge is 0.513 e. The summed E-state index contributed by atoms with van der Waals surface area (Å²) >= 11 is 0. The first-order valence-electron chi connectivity index (χ1n) is 10.4. The van der Waals surface area contributed by atoms with E-state index in [1.54, 1.807) is 17.0 Å². The third-order valence-corrected chi connectivity index (χ3v) is 5.30. The molecule has 1 aliphatic heterocycles. The molecule has 0 spiro atoms. The second-order valence-corrected chi connectivity index (χ2v) is 8.27. The third kappa shape index (κ3) is 5.00. The van der Waals surface area contributed by atoms with Gasteiger partial charge in [0, 0.05) is 12.2 Å². The van der Waals surface area contributed by atoms with Crippen LogP contribution in [-0.2, 0) is 22.4 Å². The minimum atomic E-state index is -0.713. The Kier molecular flexibility index (Phi) is 6.77. The summed E-state index contributed by atoms with van der Waals surface area (Å²) in [6.45, 7) is 8.75. The van der Waals surface area contributed by atoms with Gasteiger partial charge in [0.2, 0.25) is 5.91 Å². The van der Waals surface area contributed by atoms with E-state index in [-0.39, 0.29) is 11.8 Å². The summed E-state index contributed by atoms with van der Waals surface area (Å²) in [4.78, 5) is 26.6. The summed E-state index contributed by atoms with van der Waals surface area (Å²) < 4.78 is 10.4. The molecule has 30 heavy (non-hydrogen) atoms. The van der Waals surface area contributed by atoms with Gasteiger partial charge in [-0.1, -0.05) is 32.0 Å². The fourth-order valence-electron chi connectivity index (χ4n) is 3.77. The van der Waals surface area contributed by atoms with Crippen LogP contribution in [0, 0.1) is 19.8 Å². The van der Waals surface area contributed by atoms with Crippen LogP contribution in [-0.4, -0.2) is 31.3 Å². The van der Waals surface area contributed by atoms with Crippen molar-refractivity contribution in [1.29, 1.82) is 0 Å². The number of hydrogen-bond donors (Lipinski definition) is 1. The van der Waals surface area contributed by atoms with E-state index in [1.165, 1.54) is 5.56 Å². The van der Waals surface area contributed by atoms with Gasteiger partial charge in [0.05, 0.1) is 12.6 Å². The molecule has 0 saturated carbocycles. The highest BCUT2D eigenvalue weighted by Gasteiger charge is 2.28. The smallest absolute Gasteiger partial charge is 0.434 e. The van der Waals surface area contributed by atoms with Crippen LogP contribution in [0.3, 0.4) is 0 Å². The zero-order valence-electron chi connectivity index (χ0n) is 18.1. The minimum absolute atomic E-state index is 0.0728. The molecule has 1 atom stereocenters. The van der Waals surface area contributed by atoms with Crippen molar-refractivity contribution in [3.8, 4) is 5.75 Å². The number of nitrogens with zero attached hydrogens (tertiary/aromatic N) is 1. The maximum atomic E-state index is 13.0. The second-order valence-electron chi connectivity index (χ2n) is 8.27. The van der Waals surface area contributed by atoms with Crippen LogP contribution in [0.25, 0.3) is 0 Å². The van der Waals surface area contributed by atoms with E-state index in [1.807, 2.05) is 52.0 Å². The Hall–Kier alpha value is -2.86. The highest BCUT2D eigenvalue weighted by molar-refractivity contribution is 5.99. The molecule has 0 fully saturated rings. The van der Waals surface area contributed by atoms with Gasteiger partial charge in [-0.25, -0.2) is 4.79 Å². The van der Waals surface area contributed by atoms with Gasteiger partial charge in [0.15, 0.2) is 0 Å². The van der Waals surface area contributed by atoms with Crippen molar-refractivity contribution < 1.29 is 19.1 Å². The van der Waals surface area contributed by atoms with Crippen LogP contribution in [0.15, 0.2) is 36.4 Å². The summed E-state index contributed by atoms with van der Waals surface area (Å²) in [7, 11) is 0. The standard InChI is InChI=1S/C24H30N2O4/c1-15(2)14-29-24(28)30-19-11-16(3)20(17(4)12-19)13-21(25)23(27)26-10-9-18-7-5-6-8-22(18)26/h5-8,11-12,15,21H,9-10,13-14,25H2,1-4H3/t21-/m0/s1. The zero-order valence-corrected chi connectivity index (χ0v) is 18.1. The predicted molar refractivity (Wildman–Crippen MR) is 117 cm³/mol. The molecule has 1 heterocycles. The van der Waals surface area contributed by atoms with E-state index in [0.29, 0.717) is 25.3 Å². The van der Waals surface area contributed by atoms with E-state index < -0.39 is 12.2 Å². The molecule has 1 aliphatic rings. The minimum Gasteiger partial charge on any atom is -0.434 e. The monoisotopic (exact) mass is 410 g/mol. The summed E-state index contributed by atoms with van der Waals surface area (Å²) in [5.74, 6) is 0.595. The molecule has 0 aromatic heterocycles. The lowest BCUT2D eigenvalue weighted by Crippen LogP contribution is -2.44. The summed E-state index contributed by atoms with van der Waals surface area (Å²) in [6, 6.07) is 10.9. The summed E-state index contributed by atoms with van der Waals surface area (Å²) in [6.07, 6.45) is 0.564. The number of anilines is 1. The number of benzene rings is 2. The van der Waals surface area contributed by atoms with E-state index in [0.717, 1.165) is 28.8 Å². The lowest BCUT2D eigenvalue weighted by molar-refractivity contribution is -0.119. The van der Waals surface area contributed by atoms with Crippen LogP contribution in [0.5, 0.6) is 5.75 Å². The first-order valence-corrected chi connectivity index (χ1v) is 10.4. The Morgan fingerprint density at radius 3 is 2.47 bits per heavy atom. The van der Waals surface area contributed by atoms with Crippen LogP contribution >= 0.6 is 0 Å². The van der Waals surface area contributed by atoms with E-state index in [9.17, 15) is 9.59 Å². The average Bonchev–Trinajstić information content (AvgIpc) is 3.12. The molecule has 2 aromatic rings. The lowest BCUT2D eigenvalue weighted by Gasteiger charge is -2.23. The van der Waals surface area contributed by atoms with Crippen molar-refractivity contribution in [1.82, 2.24) is 0 Å². The summed E-state index contributed by atoms with van der Waals surface area (Å²) in [5.41, 5.74) is 11.3. The van der Waals surface area contributed by atoms with Crippen molar-refractivity contribution in [2.75, 3.05) is 18.1 Å². The lowest BCUT2D eigenvalue weighted by atomic mass is 9.95. The number of para-hydroxylation sites is 1. The molecule has 160 valence electrons. The number of rotatable bonds is 6. The molecule has 6 nitrogen and oxygen atoms in total. The molecular weight excluding hydrogens is 380 g/mol. The Bertz CT molecular complexity index is 916. The maximum Gasteiger partial charge on any atom is 0.513 e. The fraction of sp³-hybridized carbons (Fsp3) is 0.417. The van der Waals surface area contributed by atoms with Gasteiger partial charge >= 0.3 is 6.16 Å². The maximum absolute atomic E-state index is 13.0. The molecule has 0 unspecified atom stereocenters. The van der Waals surface area contributed by atoms with E-state index >= 15 is 0 Å². The first kappa shape index (κ1) is 21.8. The zero-order chi connectivity index (χ0) is 21.8. The molecule has 0 saturated heterocycles. The van der Waals surface area contributed by atoms with E-state index in [4.69, 9.17) is 15.2 Å². The molecule has 2 aromatic carbocycles. The second kappa shape index (κ2) is 9.30. The van der Waals surface area contributed by atoms with Gasteiger partial charge in [0.25, 0.3) is 0 Å². The van der Waals surface area contributed by atoms with E-state index in [2.05, 4.69) is 0 Å². The van der Waals surface area contributed by atoms with Crippen LogP contribution in [0.2, 0.25) is 0 Å². The number of fused-ring (bicyclic) bond motifs is 1. The number of amides is 1.